The predicted molar refractivity (Wildman–Crippen MR) is 128 cm³/mol. The zero-order valence-electron chi connectivity index (χ0n) is 17.4. The smallest absolute Gasteiger partial charge is 0.265 e. The lowest BCUT2D eigenvalue weighted by Crippen LogP contribution is -2.32. The normalized spacial score (nSPS) is 21.6. The van der Waals surface area contributed by atoms with Crippen molar-refractivity contribution in [1.82, 2.24) is 4.98 Å². The molecule has 2 heterocycles. The number of carbonyl (C=O) groups excluding carboxylic acids is 4. The number of alkyl halides is 1. The van der Waals surface area contributed by atoms with E-state index in [0.29, 0.717) is 38.3 Å². The van der Waals surface area contributed by atoms with Crippen LogP contribution in [0, 0.1) is 0 Å². The fourth-order valence-electron chi connectivity index (χ4n) is 4.77. The third-order valence-corrected chi connectivity index (χ3v) is 6.92. The van der Waals surface area contributed by atoms with Gasteiger partial charge >= 0.3 is 0 Å². The first-order chi connectivity index (χ1) is 16.3. The number of para-hydroxylation sites is 1. The molecule has 0 radical (unpaired) electrons. The molecule has 1 aromatic heterocycles. The van der Waals surface area contributed by atoms with Gasteiger partial charge in [-0.25, -0.2) is 9.88 Å². The molecule has 166 valence electrons. The Labute approximate surface area is 203 Å². The molecule has 2 atom stereocenters. The second-order valence-corrected chi connectivity index (χ2v) is 9.35. The van der Waals surface area contributed by atoms with E-state index in [1.165, 1.54) is 6.07 Å². The summed E-state index contributed by atoms with van der Waals surface area (Å²) in [6, 6.07) is 13.1. The Bertz CT molecular complexity index is 1560. The molecule has 0 N–H and O–H groups in total. The van der Waals surface area contributed by atoms with Crippen LogP contribution in [0.4, 0.5) is 5.69 Å². The summed E-state index contributed by atoms with van der Waals surface area (Å²) in [6.45, 7) is 0. The molecular weight excluding hydrogens is 475 g/mol. The molecule has 3 aliphatic rings. The number of hydrogen-bond donors (Lipinski definition) is 0. The van der Waals surface area contributed by atoms with Crippen molar-refractivity contribution in [2.45, 2.75) is 17.7 Å². The van der Waals surface area contributed by atoms with Gasteiger partial charge in [0, 0.05) is 32.7 Å². The van der Waals surface area contributed by atoms with Crippen molar-refractivity contribution in [3.63, 3.8) is 0 Å². The van der Waals surface area contributed by atoms with Crippen molar-refractivity contribution >= 4 is 63.2 Å². The van der Waals surface area contributed by atoms with E-state index in [1.807, 2.05) is 0 Å². The number of hydrogen-bond acceptors (Lipinski definition) is 5. The number of benzene rings is 2. The molecular formula is C26H14Cl2N2O4. The van der Waals surface area contributed by atoms with Gasteiger partial charge < -0.3 is 0 Å². The number of nitrogens with zero attached hydrogens (tertiary/aromatic N) is 2. The van der Waals surface area contributed by atoms with E-state index >= 15 is 0 Å². The molecule has 0 spiro atoms. The Kier molecular flexibility index (Phi) is 4.59. The van der Waals surface area contributed by atoms with Gasteiger partial charge in [0.25, 0.3) is 11.8 Å². The van der Waals surface area contributed by atoms with Crippen LogP contribution in [-0.4, -0.2) is 33.7 Å². The lowest BCUT2D eigenvalue weighted by Gasteiger charge is -2.18. The second-order valence-electron chi connectivity index (χ2n) is 8.35. The highest BCUT2D eigenvalue weighted by Gasteiger charge is 2.42. The van der Waals surface area contributed by atoms with Crippen LogP contribution in [0.25, 0.3) is 10.9 Å². The molecule has 1 aliphatic heterocycles. The Morgan fingerprint density at radius 2 is 1.71 bits per heavy atom. The van der Waals surface area contributed by atoms with Crippen molar-refractivity contribution in [2.24, 2.45) is 0 Å². The summed E-state index contributed by atoms with van der Waals surface area (Å²) in [4.78, 5) is 58.2. The summed E-state index contributed by atoms with van der Waals surface area (Å²) in [7, 11) is 0. The monoisotopic (exact) mass is 488 g/mol. The van der Waals surface area contributed by atoms with Gasteiger partial charge in [-0.05, 0) is 36.8 Å². The maximum atomic E-state index is 13.2. The van der Waals surface area contributed by atoms with Crippen LogP contribution in [0.2, 0.25) is 5.02 Å². The SMILES string of the molecule is O=C1c2ccc(Cl)cc2C(=O)C1c1ccc2cccc(N3C(=O)C4=C(CC(Cl)C=C4)C3=O)c2n1. The Morgan fingerprint density at radius 1 is 0.912 bits per heavy atom. The quantitative estimate of drug-likeness (QED) is 0.294. The first kappa shape index (κ1) is 21.0. The number of imide groups is 1. The van der Waals surface area contributed by atoms with E-state index in [0.717, 1.165) is 4.90 Å². The summed E-state index contributed by atoms with van der Waals surface area (Å²) in [6.07, 6.45) is 3.54. The Morgan fingerprint density at radius 3 is 2.53 bits per heavy atom. The number of amides is 2. The minimum absolute atomic E-state index is 0.250. The summed E-state index contributed by atoms with van der Waals surface area (Å²) in [5.41, 5.74) is 2.15. The summed E-state index contributed by atoms with van der Waals surface area (Å²) in [5.74, 6) is -2.73. The molecule has 8 heteroatoms. The Hall–Kier alpha value is -3.61. The number of halogens is 2. The lowest BCUT2D eigenvalue weighted by molar-refractivity contribution is -0.120. The number of allylic oxidation sites excluding steroid dienone is 1. The molecule has 2 aliphatic carbocycles. The lowest BCUT2D eigenvalue weighted by atomic mass is 9.98. The van der Waals surface area contributed by atoms with Gasteiger partial charge in [-0.15, -0.1) is 11.6 Å². The number of anilines is 1. The predicted octanol–water partition coefficient (Wildman–Crippen LogP) is 4.79. The minimum Gasteiger partial charge on any atom is -0.293 e. The molecule has 34 heavy (non-hydrogen) atoms. The fraction of sp³-hybridized carbons (Fsp3) is 0.115. The zero-order chi connectivity index (χ0) is 23.7. The number of carbonyl (C=O) groups is 4. The van der Waals surface area contributed by atoms with Crippen LogP contribution in [0.1, 0.15) is 38.7 Å². The number of pyridine rings is 1. The van der Waals surface area contributed by atoms with Crippen molar-refractivity contribution in [1.29, 1.82) is 0 Å². The molecule has 0 saturated heterocycles. The summed E-state index contributed by atoms with van der Waals surface area (Å²) < 4.78 is 0. The molecule has 0 saturated carbocycles. The highest BCUT2D eigenvalue weighted by atomic mass is 35.5. The van der Waals surface area contributed by atoms with E-state index < -0.39 is 17.7 Å². The Balaban J connectivity index is 1.46. The van der Waals surface area contributed by atoms with E-state index in [1.54, 1.807) is 54.6 Å². The second kappa shape index (κ2) is 7.45. The summed E-state index contributed by atoms with van der Waals surface area (Å²) in [5, 5.41) is 0.670. The first-order valence-corrected chi connectivity index (χ1v) is 11.4. The average Bonchev–Trinajstić information content (AvgIpc) is 3.22. The van der Waals surface area contributed by atoms with Crippen LogP contribution in [0.15, 0.2) is 71.8 Å². The molecule has 0 bridgehead atoms. The van der Waals surface area contributed by atoms with Crippen molar-refractivity contribution < 1.29 is 19.2 Å². The van der Waals surface area contributed by atoms with Crippen LogP contribution in [-0.2, 0) is 9.59 Å². The highest BCUT2D eigenvalue weighted by molar-refractivity contribution is 6.36. The van der Waals surface area contributed by atoms with E-state index in [4.69, 9.17) is 23.2 Å². The van der Waals surface area contributed by atoms with Crippen molar-refractivity contribution in [3.8, 4) is 0 Å². The zero-order valence-corrected chi connectivity index (χ0v) is 18.9. The standard InChI is InChI=1S/C26H14Cl2N2O4/c27-13-5-7-15-17(10-13)24(32)21(23(15)31)19-9-4-12-2-1-3-20(22(12)29-19)30-25(33)16-8-6-14(28)11-18(16)26(30)34/h1-10,14,21H,11H2. The van der Waals surface area contributed by atoms with Gasteiger partial charge in [0.05, 0.1) is 22.3 Å². The minimum atomic E-state index is -1.11. The fourth-order valence-corrected chi connectivity index (χ4v) is 5.16. The van der Waals surface area contributed by atoms with Crippen LogP contribution in [0.3, 0.4) is 0 Å². The van der Waals surface area contributed by atoms with Gasteiger partial charge in [0.1, 0.15) is 5.92 Å². The summed E-state index contributed by atoms with van der Waals surface area (Å²) >= 11 is 12.2. The van der Waals surface area contributed by atoms with Crippen LogP contribution in [0.5, 0.6) is 0 Å². The number of Topliss-reactive ketones (excluding diaryl/α,β-unsaturated/α-hetero) is 2. The van der Waals surface area contributed by atoms with Gasteiger partial charge in [-0.3, -0.25) is 19.2 Å². The molecule has 2 amide bonds. The van der Waals surface area contributed by atoms with Gasteiger partial charge in [-0.1, -0.05) is 42.0 Å². The van der Waals surface area contributed by atoms with Crippen LogP contribution < -0.4 is 4.90 Å². The molecule has 6 rings (SSSR count). The van der Waals surface area contributed by atoms with Gasteiger partial charge in [0.15, 0.2) is 11.6 Å². The number of aromatic nitrogens is 1. The highest BCUT2D eigenvalue weighted by Crippen LogP contribution is 2.39. The van der Waals surface area contributed by atoms with E-state index in [9.17, 15) is 19.2 Å². The number of fused-ring (bicyclic) bond motifs is 2. The topological polar surface area (TPSA) is 84.4 Å². The molecule has 3 aromatic rings. The van der Waals surface area contributed by atoms with Crippen LogP contribution >= 0.6 is 23.2 Å². The van der Waals surface area contributed by atoms with Gasteiger partial charge in [-0.2, -0.15) is 0 Å². The largest absolute Gasteiger partial charge is 0.293 e. The van der Waals surface area contributed by atoms with Gasteiger partial charge in [0.2, 0.25) is 0 Å². The van der Waals surface area contributed by atoms with E-state index in [-0.39, 0.29) is 34.6 Å². The maximum Gasteiger partial charge on any atom is 0.265 e. The van der Waals surface area contributed by atoms with Crippen molar-refractivity contribution in [2.75, 3.05) is 4.90 Å². The number of rotatable bonds is 2. The van der Waals surface area contributed by atoms with E-state index in [2.05, 4.69) is 4.98 Å². The third kappa shape index (κ3) is 2.92. The van der Waals surface area contributed by atoms with Crippen molar-refractivity contribution in [3.05, 3.63) is 93.7 Å². The molecule has 2 unspecified atom stereocenters. The molecule has 2 aromatic carbocycles. The molecule has 0 fully saturated rings. The number of ketones is 2. The maximum absolute atomic E-state index is 13.2. The first-order valence-electron chi connectivity index (χ1n) is 10.6. The molecule has 6 nitrogen and oxygen atoms in total. The average molecular weight is 489 g/mol. The third-order valence-electron chi connectivity index (χ3n) is 6.38.